The SMILES string of the molecule is CC1(O)CCC(Br)C2(C)CC(=O)C(C3(C)CCC(Br)C3(C)C)=CC12O. The Labute approximate surface area is 167 Å². The number of aliphatic hydroxyl groups is 2. The topological polar surface area (TPSA) is 57.5 Å². The van der Waals surface area contributed by atoms with Gasteiger partial charge in [0.05, 0.1) is 5.60 Å². The molecule has 25 heavy (non-hydrogen) atoms. The predicted molar refractivity (Wildman–Crippen MR) is 107 cm³/mol. The van der Waals surface area contributed by atoms with E-state index in [2.05, 4.69) is 52.6 Å². The molecule has 0 saturated heterocycles. The summed E-state index contributed by atoms with van der Waals surface area (Å²) >= 11 is 7.48. The van der Waals surface area contributed by atoms with Crippen molar-refractivity contribution in [2.75, 3.05) is 0 Å². The first kappa shape index (κ1) is 20.0. The van der Waals surface area contributed by atoms with E-state index in [1.54, 1.807) is 13.0 Å². The van der Waals surface area contributed by atoms with Crippen molar-refractivity contribution in [2.24, 2.45) is 16.2 Å². The third-order valence-corrected chi connectivity index (χ3v) is 11.2. The molecule has 0 radical (unpaired) electrons. The van der Waals surface area contributed by atoms with Gasteiger partial charge in [-0.25, -0.2) is 0 Å². The van der Waals surface area contributed by atoms with Crippen molar-refractivity contribution in [2.45, 2.75) is 87.6 Å². The van der Waals surface area contributed by atoms with Crippen LogP contribution in [-0.4, -0.2) is 36.9 Å². The zero-order chi connectivity index (χ0) is 19.1. The van der Waals surface area contributed by atoms with Gasteiger partial charge in [0, 0.05) is 32.5 Å². The molecule has 0 aromatic carbocycles. The van der Waals surface area contributed by atoms with Gasteiger partial charge in [0.2, 0.25) is 0 Å². The fraction of sp³-hybridized carbons (Fsp3) is 0.850. The van der Waals surface area contributed by atoms with Crippen LogP contribution >= 0.6 is 31.9 Å². The van der Waals surface area contributed by atoms with Gasteiger partial charge in [-0.05, 0) is 44.1 Å². The van der Waals surface area contributed by atoms with E-state index in [0.717, 1.165) is 19.3 Å². The lowest BCUT2D eigenvalue weighted by Gasteiger charge is -2.60. The highest BCUT2D eigenvalue weighted by Gasteiger charge is 2.66. The molecule has 0 amide bonds. The average molecular weight is 478 g/mol. The minimum atomic E-state index is -1.42. The molecule has 0 aromatic rings. The van der Waals surface area contributed by atoms with Crippen molar-refractivity contribution in [1.29, 1.82) is 0 Å². The second-order valence-electron chi connectivity index (χ2n) is 9.68. The summed E-state index contributed by atoms with van der Waals surface area (Å²) in [5, 5.41) is 22.8. The number of allylic oxidation sites excluding steroid dienone is 1. The summed E-state index contributed by atoms with van der Waals surface area (Å²) in [6, 6.07) is 0. The first-order valence-corrected chi connectivity index (χ1v) is 11.1. The molecule has 6 unspecified atom stereocenters. The lowest BCUT2D eigenvalue weighted by molar-refractivity contribution is -0.203. The first-order chi connectivity index (χ1) is 11.2. The molecule has 2 saturated carbocycles. The normalized spacial score (nSPS) is 52.7. The standard InChI is InChI=1S/C20H30Br2O3/c1-16(2)14(21)6-8-17(16,3)12-10-20(25)18(4,11-13(12)23)15(22)7-9-19(20,5)24/h10,14-15,24-25H,6-9,11H2,1-5H3. The number of carbonyl (C=O) groups is 1. The second kappa shape index (κ2) is 5.65. The van der Waals surface area contributed by atoms with Gasteiger partial charge in [-0.2, -0.15) is 0 Å². The van der Waals surface area contributed by atoms with Gasteiger partial charge >= 0.3 is 0 Å². The molecule has 3 nitrogen and oxygen atoms in total. The Morgan fingerprint density at radius 1 is 1.00 bits per heavy atom. The number of halogens is 2. The van der Waals surface area contributed by atoms with Crippen molar-refractivity contribution in [3.05, 3.63) is 11.6 Å². The van der Waals surface area contributed by atoms with E-state index in [4.69, 9.17) is 0 Å². The third-order valence-electron chi connectivity index (χ3n) is 8.15. The van der Waals surface area contributed by atoms with Crippen LogP contribution in [-0.2, 0) is 4.79 Å². The van der Waals surface area contributed by atoms with Crippen LogP contribution in [0.15, 0.2) is 11.6 Å². The summed E-state index contributed by atoms with van der Waals surface area (Å²) in [7, 11) is 0. The lowest BCUT2D eigenvalue weighted by atomic mass is 9.50. The van der Waals surface area contributed by atoms with Crippen molar-refractivity contribution in [1.82, 2.24) is 0 Å². The summed E-state index contributed by atoms with van der Waals surface area (Å²) in [5.74, 6) is 0.117. The van der Waals surface area contributed by atoms with Crippen LogP contribution in [0.4, 0.5) is 0 Å². The van der Waals surface area contributed by atoms with E-state index < -0.39 is 16.6 Å². The summed E-state index contributed by atoms with van der Waals surface area (Å²) < 4.78 is 0. The van der Waals surface area contributed by atoms with Crippen LogP contribution in [0.3, 0.4) is 0 Å². The van der Waals surface area contributed by atoms with E-state index in [9.17, 15) is 15.0 Å². The molecule has 0 spiro atoms. The Bertz CT molecular complexity index is 641. The van der Waals surface area contributed by atoms with Crippen molar-refractivity contribution in [3.8, 4) is 0 Å². The van der Waals surface area contributed by atoms with Crippen LogP contribution in [0.25, 0.3) is 0 Å². The lowest BCUT2D eigenvalue weighted by Crippen LogP contribution is -2.69. The summed E-state index contributed by atoms with van der Waals surface area (Å²) in [5.41, 5.74) is -3.08. The van der Waals surface area contributed by atoms with Crippen LogP contribution in [0.2, 0.25) is 0 Å². The number of hydrogen-bond acceptors (Lipinski definition) is 3. The molecular weight excluding hydrogens is 448 g/mol. The smallest absolute Gasteiger partial charge is 0.159 e. The number of hydrogen-bond donors (Lipinski definition) is 2. The average Bonchev–Trinajstić information content (AvgIpc) is 2.71. The molecular formula is C20H30Br2O3. The molecule has 3 aliphatic carbocycles. The Hall–Kier alpha value is 0.290. The molecule has 2 fully saturated rings. The molecule has 3 aliphatic rings. The quantitative estimate of drug-likeness (QED) is 0.545. The van der Waals surface area contributed by atoms with Gasteiger partial charge in [0.1, 0.15) is 5.60 Å². The zero-order valence-electron chi connectivity index (χ0n) is 15.8. The monoisotopic (exact) mass is 476 g/mol. The van der Waals surface area contributed by atoms with Gasteiger partial charge in [-0.15, -0.1) is 0 Å². The minimum absolute atomic E-state index is 0.000271. The fourth-order valence-corrected chi connectivity index (χ4v) is 6.92. The van der Waals surface area contributed by atoms with Crippen molar-refractivity contribution >= 4 is 37.6 Å². The van der Waals surface area contributed by atoms with Crippen molar-refractivity contribution in [3.63, 3.8) is 0 Å². The highest BCUT2D eigenvalue weighted by Crippen LogP contribution is 2.64. The maximum Gasteiger partial charge on any atom is 0.159 e. The molecule has 3 rings (SSSR count). The molecule has 0 aliphatic heterocycles. The molecule has 0 aromatic heterocycles. The molecule has 142 valence electrons. The van der Waals surface area contributed by atoms with Gasteiger partial charge in [0.15, 0.2) is 5.78 Å². The van der Waals surface area contributed by atoms with Crippen molar-refractivity contribution < 1.29 is 15.0 Å². The Balaban J connectivity index is 2.19. The maximum atomic E-state index is 13.2. The van der Waals surface area contributed by atoms with Crippen LogP contribution in [0, 0.1) is 16.2 Å². The largest absolute Gasteiger partial charge is 0.387 e. The maximum absolute atomic E-state index is 13.2. The van der Waals surface area contributed by atoms with Crippen LogP contribution in [0.1, 0.15) is 66.7 Å². The second-order valence-corrected chi connectivity index (χ2v) is 11.9. The van der Waals surface area contributed by atoms with Crippen LogP contribution < -0.4 is 0 Å². The molecule has 0 bridgehead atoms. The van der Waals surface area contributed by atoms with Crippen LogP contribution in [0.5, 0.6) is 0 Å². The summed E-state index contributed by atoms with van der Waals surface area (Å²) in [4.78, 5) is 13.6. The van der Waals surface area contributed by atoms with Gasteiger partial charge < -0.3 is 10.2 Å². The summed E-state index contributed by atoms with van der Waals surface area (Å²) in [6.45, 7) is 10.2. The fourth-order valence-electron chi connectivity index (χ4n) is 5.45. The highest BCUT2D eigenvalue weighted by molar-refractivity contribution is 9.09. The molecule has 2 N–H and O–H groups in total. The van der Waals surface area contributed by atoms with E-state index in [1.807, 2.05) is 6.92 Å². The highest BCUT2D eigenvalue weighted by atomic mass is 79.9. The van der Waals surface area contributed by atoms with E-state index in [-0.39, 0.29) is 27.9 Å². The Kier molecular flexibility index (Phi) is 4.53. The first-order valence-electron chi connectivity index (χ1n) is 9.22. The Morgan fingerprint density at radius 3 is 2.08 bits per heavy atom. The van der Waals surface area contributed by atoms with Gasteiger partial charge in [-0.1, -0.05) is 59.6 Å². The molecule has 6 atom stereocenters. The van der Waals surface area contributed by atoms with E-state index >= 15 is 0 Å². The predicted octanol–water partition coefficient (Wildman–Crippen LogP) is 4.52. The number of carbonyl (C=O) groups excluding carboxylic acids is 1. The van der Waals surface area contributed by atoms with Gasteiger partial charge in [-0.3, -0.25) is 4.79 Å². The summed E-state index contributed by atoms with van der Waals surface area (Å²) in [6.07, 6.45) is 5.17. The van der Waals surface area contributed by atoms with E-state index in [0.29, 0.717) is 16.8 Å². The number of Topliss-reactive ketones (excluding diaryl/α,β-unsaturated/α-hetero) is 1. The zero-order valence-corrected chi connectivity index (χ0v) is 19.0. The van der Waals surface area contributed by atoms with Gasteiger partial charge in [0.25, 0.3) is 0 Å². The molecule has 0 heterocycles. The number of fused-ring (bicyclic) bond motifs is 1. The number of rotatable bonds is 1. The third kappa shape index (κ3) is 2.37. The Morgan fingerprint density at radius 2 is 1.56 bits per heavy atom. The number of alkyl halides is 2. The number of ketones is 1. The minimum Gasteiger partial charge on any atom is -0.387 e. The molecule has 5 heteroatoms. The van der Waals surface area contributed by atoms with E-state index in [1.165, 1.54) is 0 Å².